The second-order valence-electron chi connectivity index (χ2n) is 6.75. The molecule has 3 rings (SSSR count). The summed E-state index contributed by atoms with van der Waals surface area (Å²) < 4.78 is 0. The minimum atomic E-state index is 0.0693. The Morgan fingerprint density at radius 2 is 1.92 bits per heavy atom. The molecule has 0 bridgehead atoms. The van der Waals surface area contributed by atoms with Gasteiger partial charge in [-0.3, -0.25) is 14.5 Å². The number of rotatable bonds is 5. The van der Waals surface area contributed by atoms with E-state index in [4.69, 9.17) is 0 Å². The van der Waals surface area contributed by atoms with Crippen LogP contribution in [0.25, 0.3) is 0 Å². The lowest BCUT2D eigenvalue weighted by molar-refractivity contribution is -0.133. The SMILES string of the molecule is CCNC(=O)CN1CCN(C(=O)C[C@H]2CCc3ccccc32)CC1. The molecule has 0 radical (unpaired) electrons. The second kappa shape index (κ2) is 7.79. The van der Waals surface area contributed by atoms with Gasteiger partial charge >= 0.3 is 0 Å². The van der Waals surface area contributed by atoms with Crippen molar-refractivity contribution < 1.29 is 9.59 Å². The summed E-state index contributed by atoms with van der Waals surface area (Å²) in [4.78, 5) is 28.4. The van der Waals surface area contributed by atoms with E-state index in [0.29, 0.717) is 25.4 Å². The normalized spacial score (nSPS) is 20.7. The predicted molar refractivity (Wildman–Crippen MR) is 93.8 cm³/mol. The number of amides is 2. The largest absolute Gasteiger partial charge is 0.355 e. The summed E-state index contributed by atoms with van der Waals surface area (Å²) >= 11 is 0. The lowest BCUT2D eigenvalue weighted by Crippen LogP contribution is -2.51. The number of aryl methyl sites for hydroxylation is 1. The Hall–Kier alpha value is -1.88. The average molecular weight is 329 g/mol. The maximum absolute atomic E-state index is 12.6. The molecule has 1 aliphatic heterocycles. The van der Waals surface area contributed by atoms with E-state index in [0.717, 1.165) is 39.0 Å². The van der Waals surface area contributed by atoms with E-state index in [1.807, 2.05) is 11.8 Å². The minimum absolute atomic E-state index is 0.0693. The molecule has 2 amide bonds. The molecule has 1 aromatic carbocycles. The van der Waals surface area contributed by atoms with Crippen molar-refractivity contribution in [2.45, 2.75) is 32.1 Å². The van der Waals surface area contributed by atoms with E-state index in [1.54, 1.807) is 0 Å². The van der Waals surface area contributed by atoms with E-state index in [1.165, 1.54) is 11.1 Å². The van der Waals surface area contributed by atoms with Crippen molar-refractivity contribution in [3.63, 3.8) is 0 Å². The Bertz CT molecular complexity index is 594. The van der Waals surface area contributed by atoms with Gasteiger partial charge in [-0.1, -0.05) is 24.3 Å². The molecule has 2 aliphatic rings. The first-order valence-corrected chi connectivity index (χ1v) is 9.02. The fourth-order valence-electron chi connectivity index (χ4n) is 3.81. The summed E-state index contributed by atoms with van der Waals surface area (Å²) in [7, 11) is 0. The van der Waals surface area contributed by atoms with Crippen LogP contribution in [0.1, 0.15) is 36.8 Å². The third-order valence-corrected chi connectivity index (χ3v) is 5.14. The van der Waals surface area contributed by atoms with E-state index in [-0.39, 0.29) is 11.8 Å². The van der Waals surface area contributed by atoms with Gasteiger partial charge < -0.3 is 10.2 Å². The first-order chi connectivity index (χ1) is 11.7. The van der Waals surface area contributed by atoms with Crippen molar-refractivity contribution in [1.82, 2.24) is 15.1 Å². The molecule has 1 heterocycles. The molecular weight excluding hydrogens is 302 g/mol. The highest BCUT2D eigenvalue weighted by molar-refractivity contribution is 5.78. The molecule has 0 unspecified atom stereocenters. The average Bonchev–Trinajstić information content (AvgIpc) is 2.99. The van der Waals surface area contributed by atoms with Crippen LogP contribution in [-0.2, 0) is 16.0 Å². The maximum Gasteiger partial charge on any atom is 0.234 e. The zero-order valence-electron chi connectivity index (χ0n) is 14.5. The van der Waals surface area contributed by atoms with Crippen LogP contribution in [0, 0.1) is 0 Å². The zero-order chi connectivity index (χ0) is 16.9. The van der Waals surface area contributed by atoms with Crippen LogP contribution in [0.3, 0.4) is 0 Å². The Balaban J connectivity index is 1.47. The third kappa shape index (κ3) is 3.96. The van der Waals surface area contributed by atoms with Gasteiger partial charge in [-0.2, -0.15) is 0 Å². The number of hydrogen-bond acceptors (Lipinski definition) is 3. The monoisotopic (exact) mass is 329 g/mol. The van der Waals surface area contributed by atoms with Crippen LogP contribution >= 0.6 is 0 Å². The lowest BCUT2D eigenvalue weighted by atomic mass is 9.97. The Morgan fingerprint density at radius 3 is 2.67 bits per heavy atom. The van der Waals surface area contributed by atoms with E-state index in [2.05, 4.69) is 34.5 Å². The van der Waals surface area contributed by atoms with E-state index < -0.39 is 0 Å². The van der Waals surface area contributed by atoms with Crippen molar-refractivity contribution in [3.05, 3.63) is 35.4 Å². The summed E-state index contributed by atoms with van der Waals surface area (Å²) in [6, 6.07) is 8.50. The number of hydrogen-bond donors (Lipinski definition) is 1. The molecule has 1 saturated heterocycles. The molecule has 1 fully saturated rings. The molecule has 1 aromatic rings. The van der Waals surface area contributed by atoms with Gasteiger partial charge in [0.1, 0.15) is 0 Å². The van der Waals surface area contributed by atoms with Gasteiger partial charge in [0.2, 0.25) is 11.8 Å². The maximum atomic E-state index is 12.6. The lowest BCUT2D eigenvalue weighted by Gasteiger charge is -2.34. The van der Waals surface area contributed by atoms with Gasteiger partial charge in [-0.25, -0.2) is 0 Å². The molecule has 1 N–H and O–H groups in total. The van der Waals surface area contributed by atoms with E-state index >= 15 is 0 Å². The minimum Gasteiger partial charge on any atom is -0.355 e. The molecule has 5 nitrogen and oxygen atoms in total. The summed E-state index contributed by atoms with van der Waals surface area (Å²) in [6.07, 6.45) is 2.80. The highest BCUT2D eigenvalue weighted by Gasteiger charge is 2.28. The van der Waals surface area contributed by atoms with Gasteiger partial charge in [-0.05, 0) is 36.8 Å². The third-order valence-electron chi connectivity index (χ3n) is 5.14. The van der Waals surface area contributed by atoms with Gasteiger partial charge in [0.05, 0.1) is 6.54 Å². The molecule has 0 aromatic heterocycles. The standard InChI is InChI=1S/C19H27N3O2/c1-2-20-18(23)14-21-9-11-22(12-10-21)19(24)13-16-8-7-15-5-3-4-6-17(15)16/h3-6,16H,2,7-14H2,1H3,(H,20,23)/t16-/m1/s1. The van der Waals surface area contributed by atoms with Gasteiger partial charge in [0, 0.05) is 39.1 Å². The molecule has 1 aliphatic carbocycles. The van der Waals surface area contributed by atoms with Crippen molar-refractivity contribution in [1.29, 1.82) is 0 Å². The van der Waals surface area contributed by atoms with Crippen LogP contribution in [-0.4, -0.2) is 60.9 Å². The second-order valence-corrected chi connectivity index (χ2v) is 6.75. The molecule has 24 heavy (non-hydrogen) atoms. The Labute approximate surface area is 144 Å². The number of piperazine rings is 1. The van der Waals surface area contributed by atoms with Crippen molar-refractivity contribution in [2.75, 3.05) is 39.3 Å². The number of carbonyl (C=O) groups excluding carboxylic acids is 2. The summed E-state index contributed by atoms with van der Waals surface area (Å²) in [5.41, 5.74) is 2.77. The van der Waals surface area contributed by atoms with Crippen LogP contribution in [0.4, 0.5) is 0 Å². The summed E-state index contributed by atoms with van der Waals surface area (Å²) in [5.74, 6) is 0.705. The van der Waals surface area contributed by atoms with Crippen LogP contribution < -0.4 is 5.32 Å². The number of benzene rings is 1. The first-order valence-electron chi connectivity index (χ1n) is 9.02. The van der Waals surface area contributed by atoms with Crippen LogP contribution in [0.15, 0.2) is 24.3 Å². The summed E-state index contributed by atoms with van der Waals surface area (Å²) in [5, 5.41) is 2.82. The topological polar surface area (TPSA) is 52.7 Å². The van der Waals surface area contributed by atoms with E-state index in [9.17, 15) is 9.59 Å². The zero-order valence-corrected chi connectivity index (χ0v) is 14.5. The van der Waals surface area contributed by atoms with Crippen molar-refractivity contribution in [2.24, 2.45) is 0 Å². The van der Waals surface area contributed by atoms with Crippen LogP contribution in [0.2, 0.25) is 0 Å². The first kappa shape index (κ1) is 17.0. The molecule has 1 atom stereocenters. The number of carbonyl (C=O) groups is 2. The predicted octanol–water partition coefficient (Wildman–Crippen LogP) is 1.39. The molecule has 0 spiro atoms. The number of nitrogens with one attached hydrogen (secondary N) is 1. The van der Waals surface area contributed by atoms with Gasteiger partial charge in [-0.15, -0.1) is 0 Å². The van der Waals surface area contributed by atoms with Crippen LogP contribution in [0.5, 0.6) is 0 Å². The summed E-state index contributed by atoms with van der Waals surface area (Å²) in [6.45, 7) is 6.05. The molecular formula is C19H27N3O2. The molecule has 130 valence electrons. The highest BCUT2D eigenvalue weighted by atomic mass is 16.2. The number of nitrogens with zero attached hydrogens (tertiary/aromatic N) is 2. The fourth-order valence-corrected chi connectivity index (χ4v) is 3.81. The highest BCUT2D eigenvalue weighted by Crippen LogP contribution is 2.35. The fraction of sp³-hybridized carbons (Fsp3) is 0.579. The van der Waals surface area contributed by atoms with Gasteiger partial charge in [0.15, 0.2) is 0 Å². The van der Waals surface area contributed by atoms with Crippen molar-refractivity contribution >= 4 is 11.8 Å². The smallest absolute Gasteiger partial charge is 0.234 e. The molecule has 5 heteroatoms. The Kier molecular flexibility index (Phi) is 5.51. The molecule has 0 saturated carbocycles. The quantitative estimate of drug-likeness (QED) is 0.888. The number of likely N-dealkylation sites (N-methyl/N-ethyl adjacent to an activating group) is 1. The van der Waals surface area contributed by atoms with Gasteiger partial charge in [0.25, 0.3) is 0 Å². The Morgan fingerprint density at radius 1 is 1.17 bits per heavy atom. The van der Waals surface area contributed by atoms with Crippen molar-refractivity contribution in [3.8, 4) is 0 Å². The number of fused-ring (bicyclic) bond motifs is 1.